The van der Waals surface area contributed by atoms with Gasteiger partial charge in [-0.15, -0.1) is 0 Å². The molecule has 2 heterocycles. The average molecular weight is 568 g/mol. The number of nitrogens with zero attached hydrogens (tertiary/aromatic N) is 5. The van der Waals surface area contributed by atoms with Crippen molar-refractivity contribution in [2.75, 3.05) is 43.4 Å². The third-order valence-electron chi connectivity index (χ3n) is 5.98. The highest BCUT2D eigenvalue weighted by atomic mass is 32.1. The van der Waals surface area contributed by atoms with E-state index in [-0.39, 0.29) is 52.3 Å². The van der Waals surface area contributed by atoms with Crippen LogP contribution in [0.1, 0.15) is 19.8 Å². The number of alkyl halides is 2. The van der Waals surface area contributed by atoms with Crippen LogP contribution in [0.15, 0.2) is 40.8 Å². The number of nitrogens with one attached hydrogen (secondary N) is 2. The molecular formula is C27H27F2N7O3S. The van der Waals surface area contributed by atoms with Crippen LogP contribution in [0.5, 0.6) is 0 Å². The highest BCUT2D eigenvalue weighted by Gasteiger charge is 2.35. The fraction of sp³-hybridized carbons (Fsp3) is 0.370. The lowest BCUT2D eigenvalue weighted by Crippen LogP contribution is -2.47. The number of thiazole rings is 1. The van der Waals surface area contributed by atoms with E-state index in [4.69, 9.17) is 5.26 Å². The first-order valence-electron chi connectivity index (χ1n) is 12.3. The number of aromatic nitrogens is 1. The zero-order valence-corrected chi connectivity index (χ0v) is 22.8. The molecule has 1 aliphatic heterocycles. The Balaban J connectivity index is 1.82. The lowest BCUT2D eigenvalue weighted by Gasteiger charge is -2.32. The molecule has 0 aliphatic carbocycles. The van der Waals surface area contributed by atoms with Gasteiger partial charge in [-0.1, -0.05) is 28.9 Å². The predicted molar refractivity (Wildman–Crippen MR) is 147 cm³/mol. The van der Waals surface area contributed by atoms with Gasteiger partial charge in [-0.25, -0.2) is 8.78 Å². The number of hydrogen-bond donors (Lipinski definition) is 2. The summed E-state index contributed by atoms with van der Waals surface area (Å²) >= 11 is 0.988. The molecule has 1 fully saturated rings. The van der Waals surface area contributed by atoms with Crippen LogP contribution in [0.25, 0.3) is 11.5 Å². The van der Waals surface area contributed by atoms with Crippen LogP contribution in [0.3, 0.4) is 0 Å². The van der Waals surface area contributed by atoms with Crippen LogP contribution in [-0.2, 0) is 16.1 Å². The zero-order chi connectivity index (χ0) is 29.3. The Kier molecular flexibility index (Phi) is 10.2. The summed E-state index contributed by atoms with van der Waals surface area (Å²) in [4.78, 5) is 40.4. The quantitative estimate of drug-likeness (QED) is 0.277. The second kappa shape index (κ2) is 13.5. The number of likely N-dealkylation sites (N-methyl/N-ethyl adjacent to an activating group) is 1. The van der Waals surface area contributed by atoms with Crippen molar-refractivity contribution >= 4 is 46.0 Å². The zero-order valence-electron chi connectivity index (χ0n) is 22.0. The van der Waals surface area contributed by atoms with E-state index >= 15 is 0 Å². The SMILES string of the molecule is CCn1c(=C=C(C#N)C(=O)NCC#N)sc(=C=CNc2cccc(N(C)C(=O)CN3CCCC(F)(F)C3)c2)c1=O. The number of carbonyl (C=O) groups is 2. The van der Waals surface area contributed by atoms with Gasteiger partial charge in [0.15, 0.2) is 5.57 Å². The van der Waals surface area contributed by atoms with E-state index in [2.05, 4.69) is 22.1 Å². The summed E-state index contributed by atoms with van der Waals surface area (Å²) in [5, 5.41) is 23.2. The third kappa shape index (κ3) is 7.76. The molecular weight excluding hydrogens is 540 g/mol. The van der Waals surface area contributed by atoms with Crippen LogP contribution < -0.4 is 30.3 Å². The molecule has 0 saturated carbocycles. The average Bonchev–Trinajstić information content (AvgIpc) is 3.22. The Morgan fingerprint density at radius 1 is 1.30 bits per heavy atom. The lowest BCUT2D eigenvalue weighted by molar-refractivity contribution is -0.122. The third-order valence-corrected chi connectivity index (χ3v) is 6.99. The molecule has 0 radical (unpaired) electrons. The summed E-state index contributed by atoms with van der Waals surface area (Å²) in [7, 11) is 1.58. The maximum atomic E-state index is 13.7. The van der Waals surface area contributed by atoms with E-state index in [1.54, 1.807) is 50.4 Å². The molecule has 1 aliphatic rings. The topological polar surface area (TPSA) is 134 Å². The highest BCUT2D eigenvalue weighted by molar-refractivity contribution is 7.07. The smallest absolute Gasteiger partial charge is 0.277 e. The van der Waals surface area contributed by atoms with Gasteiger partial charge in [0.1, 0.15) is 21.8 Å². The molecule has 208 valence electrons. The first kappa shape index (κ1) is 30.0. The number of piperidine rings is 1. The van der Waals surface area contributed by atoms with Crippen molar-refractivity contribution in [3.8, 4) is 12.1 Å². The number of hydrogen-bond acceptors (Lipinski definition) is 8. The first-order valence-corrected chi connectivity index (χ1v) is 13.1. The van der Waals surface area contributed by atoms with E-state index in [0.29, 0.717) is 24.3 Å². The fourth-order valence-electron chi connectivity index (χ4n) is 3.94. The van der Waals surface area contributed by atoms with Gasteiger partial charge < -0.3 is 15.5 Å². The first-order chi connectivity index (χ1) is 19.1. The van der Waals surface area contributed by atoms with Crippen LogP contribution in [0.2, 0.25) is 0 Å². The molecule has 10 nitrogen and oxygen atoms in total. The Morgan fingerprint density at radius 2 is 2.08 bits per heavy atom. The second-order valence-electron chi connectivity index (χ2n) is 8.84. The van der Waals surface area contributed by atoms with Gasteiger partial charge in [-0.05, 0) is 38.1 Å². The summed E-state index contributed by atoms with van der Waals surface area (Å²) < 4.78 is 29.2. The van der Waals surface area contributed by atoms with Crippen molar-refractivity contribution in [3.05, 3.63) is 55.6 Å². The molecule has 2 aromatic rings. The predicted octanol–water partition coefficient (Wildman–Crippen LogP) is 1.10. The van der Waals surface area contributed by atoms with Gasteiger partial charge in [-0.2, -0.15) is 10.5 Å². The van der Waals surface area contributed by atoms with Crippen LogP contribution in [0.4, 0.5) is 20.2 Å². The Hall–Kier alpha value is -4.51. The van der Waals surface area contributed by atoms with Gasteiger partial charge >= 0.3 is 0 Å². The van der Waals surface area contributed by atoms with E-state index in [9.17, 15) is 28.4 Å². The molecule has 0 unspecified atom stereocenters. The van der Waals surface area contributed by atoms with Gasteiger partial charge in [-0.3, -0.25) is 23.9 Å². The summed E-state index contributed by atoms with van der Waals surface area (Å²) in [6.07, 6.45) is 1.59. The fourth-order valence-corrected chi connectivity index (χ4v) is 4.93. The van der Waals surface area contributed by atoms with Crippen LogP contribution in [0, 0.1) is 22.7 Å². The molecule has 1 saturated heterocycles. The molecule has 0 atom stereocenters. The summed E-state index contributed by atoms with van der Waals surface area (Å²) in [5.74, 6) is -3.87. The van der Waals surface area contributed by atoms with Crippen LogP contribution >= 0.6 is 11.3 Å². The molecule has 40 heavy (non-hydrogen) atoms. The van der Waals surface area contributed by atoms with E-state index in [1.807, 2.05) is 0 Å². The standard InChI is InChI=1S/C27H27F2N7O3S/c1-3-36-24(14-19(16-31)25(38)33-12-10-30)40-22(26(36)39)8-11-32-20-6-4-7-21(15-20)34(2)23(37)17-35-13-5-9-27(28,29)18-35/h4,6-7,11,15,32H,3,5,9,12-13,17-18H2,1-2H3,(H,33,38). The lowest BCUT2D eigenvalue weighted by atomic mass is 10.1. The van der Waals surface area contributed by atoms with Crippen molar-refractivity contribution in [1.82, 2.24) is 14.8 Å². The number of anilines is 2. The van der Waals surface area contributed by atoms with E-state index in [0.717, 1.165) is 11.3 Å². The minimum Gasteiger partial charge on any atom is -0.355 e. The van der Waals surface area contributed by atoms with Crippen LogP contribution in [-0.4, -0.2) is 60.4 Å². The largest absolute Gasteiger partial charge is 0.355 e. The molecule has 3 rings (SSSR count). The number of rotatable bonds is 8. The molecule has 2 N–H and O–H groups in total. The Bertz CT molecular complexity index is 1620. The highest BCUT2D eigenvalue weighted by Crippen LogP contribution is 2.26. The number of carbonyl (C=O) groups excluding carboxylic acids is 2. The maximum Gasteiger partial charge on any atom is 0.277 e. The van der Waals surface area contributed by atoms with Crippen molar-refractivity contribution in [2.45, 2.75) is 32.2 Å². The molecule has 0 spiro atoms. The normalized spacial score (nSPS) is 14.1. The number of halogens is 2. The maximum absolute atomic E-state index is 13.7. The number of likely N-dealkylation sites (tertiary alicyclic amines) is 1. The molecule has 13 heteroatoms. The number of benzene rings is 1. The van der Waals surface area contributed by atoms with Crippen molar-refractivity contribution in [3.63, 3.8) is 0 Å². The van der Waals surface area contributed by atoms with E-state index < -0.39 is 18.4 Å². The van der Waals surface area contributed by atoms with Crippen molar-refractivity contribution in [1.29, 1.82) is 10.5 Å². The van der Waals surface area contributed by atoms with Gasteiger partial charge in [0, 0.05) is 37.6 Å². The Labute approximate surface area is 233 Å². The molecule has 2 amide bonds. The summed E-state index contributed by atoms with van der Waals surface area (Å²) in [5.41, 5.74) is 5.91. The molecule has 1 aromatic heterocycles. The summed E-state index contributed by atoms with van der Waals surface area (Å²) in [6, 6.07) is 10.3. The van der Waals surface area contributed by atoms with Crippen molar-refractivity contribution < 1.29 is 18.4 Å². The summed E-state index contributed by atoms with van der Waals surface area (Å²) in [6.45, 7) is 1.63. The van der Waals surface area contributed by atoms with Gasteiger partial charge in [0.05, 0.1) is 19.2 Å². The number of nitriles is 2. The van der Waals surface area contributed by atoms with Gasteiger partial charge in [0.25, 0.3) is 17.4 Å². The minimum atomic E-state index is -2.79. The minimum absolute atomic E-state index is 0.110. The molecule has 1 aromatic carbocycles. The molecule has 0 bridgehead atoms. The number of amides is 2. The van der Waals surface area contributed by atoms with Crippen molar-refractivity contribution in [2.24, 2.45) is 0 Å². The van der Waals surface area contributed by atoms with E-state index in [1.165, 1.54) is 20.6 Å². The second-order valence-corrected chi connectivity index (χ2v) is 9.84. The monoisotopic (exact) mass is 567 g/mol. The van der Waals surface area contributed by atoms with Gasteiger partial charge in [0.2, 0.25) is 5.91 Å². The Morgan fingerprint density at radius 3 is 2.75 bits per heavy atom.